The molecule has 220 valence electrons. The molecule has 0 saturated heterocycles. The van der Waals surface area contributed by atoms with Crippen molar-refractivity contribution in [3.63, 3.8) is 0 Å². The highest BCUT2D eigenvalue weighted by atomic mass is 16.6. The molecule has 0 aromatic heterocycles. The average Bonchev–Trinajstić information content (AvgIpc) is 2.87. The smallest absolute Gasteiger partial charge is 0.408 e. The number of unbranched alkanes of at least 4 members (excludes halogenated alkanes) is 2. The molecule has 0 spiro atoms. The number of phenols is 2. The van der Waals surface area contributed by atoms with Crippen molar-refractivity contribution in [3.05, 3.63) is 59.2 Å². The molecule has 3 amide bonds. The molecule has 0 saturated carbocycles. The van der Waals surface area contributed by atoms with Crippen LogP contribution in [0.2, 0.25) is 0 Å². The Balaban J connectivity index is 2.50. The fourth-order valence-electron chi connectivity index (χ4n) is 4.20. The van der Waals surface area contributed by atoms with Crippen LogP contribution >= 0.6 is 0 Å². The number of amides is 3. The maximum atomic E-state index is 14.1. The lowest BCUT2D eigenvalue weighted by atomic mass is 9.98. The van der Waals surface area contributed by atoms with Gasteiger partial charge in [-0.3, -0.25) is 9.59 Å². The summed E-state index contributed by atoms with van der Waals surface area (Å²) >= 11 is 0. The minimum Gasteiger partial charge on any atom is -0.508 e. The fraction of sp³-hybridized carbons (Fsp3) is 0.500. The Morgan fingerprint density at radius 3 is 2.27 bits per heavy atom. The number of alkyl carbamates (subject to hydrolysis) is 1. The van der Waals surface area contributed by atoms with Gasteiger partial charge in [0.2, 0.25) is 11.8 Å². The van der Waals surface area contributed by atoms with Gasteiger partial charge in [0.25, 0.3) is 0 Å². The van der Waals surface area contributed by atoms with Crippen molar-refractivity contribution in [1.29, 1.82) is 0 Å². The molecular formula is C30H43N3O7. The largest absolute Gasteiger partial charge is 0.508 e. The molecule has 0 heterocycles. The van der Waals surface area contributed by atoms with Crippen molar-refractivity contribution >= 4 is 17.9 Å². The highest BCUT2D eigenvalue weighted by Gasteiger charge is 2.36. The molecule has 10 nitrogen and oxygen atoms in total. The van der Waals surface area contributed by atoms with Gasteiger partial charge >= 0.3 is 6.09 Å². The van der Waals surface area contributed by atoms with Crippen molar-refractivity contribution in [3.8, 4) is 11.5 Å². The Morgan fingerprint density at radius 1 is 1.02 bits per heavy atom. The first-order valence-corrected chi connectivity index (χ1v) is 13.6. The van der Waals surface area contributed by atoms with Crippen LogP contribution in [0.1, 0.15) is 69.7 Å². The van der Waals surface area contributed by atoms with Crippen LogP contribution in [0.3, 0.4) is 0 Å². The summed E-state index contributed by atoms with van der Waals surface area (Å²) in [5, 5.41) is 35.2. The summed E-state index contributed by atoms with van der Waals surface area (Å²) in [6.45, 7) is 8.64. The van der Waals surface area contributed by atoms with E-state index in [1.165, 1.54) is 23.1 Å². The average molecular weight is 558 g/mol. The summed E-state index contributed by atoms with van der Waals surface area (Å²) in [7, 11) is 0. The third-order valence-corrected chi connectivity index (χ3v) is 6.17. The number of carbonyl (C=O) groups is 3. The molecule has 2 unspecified atom stereocenters. The zero-order valence-electron chi connectivity index (χ0n) is 24.1. The lowest BCUT2D eigenvalue weighted by Crippen LogP contribution is -2.54. The number of aliphatic hydroxyl groups excluding tert-OH is 1. The van der Waals surface area contributed by atoms with Gasteiger partial charge in [-0.25, -0.2) is 4.79 Å². The summed E-state index contributed by atoms with van der Waals surface area (Å²) in [6.07, 6.45) is 1.90. The Bertz CT molecular complexity index is 1130. The Labute approximate surface area is 236 Å². The first-order chi connectivity index (χ1) is 18.9. The SMILES string of the molecule is CCCCCNC(=O)C(c1ccc(O)c(C)c1)N(CCO)C(=O)C(Cc1ccc(O)cc1)NC(=O)OC(C)(C)C. The number of nitrogens with zero attached hydrogens (tertiary/aromatic N) is 1. The molecule has 2 aromatic carbocycles. The maximum absolute atomic E-state index is 14.1. The number of phenolic OH excluding ortho intramolecular Hbond substituents is 2. The van der Waals surface area contributed by atoms with E-state index in [4.69, 9.17) is 4.74 Å². The van der Waals surface area contributed by atoms with Crippen LogP contribution in [0.5, 0.6) is 11.5 Å². The van der Waals surface area contributed by atoms with Crippen LogP contribution in [0.4, 0.5) is 4.79 Å². The third kappa shape index (κ3) is 10.1. The fourth-order valence-corrected chi connectivity index (χ4v) is 4.20. The van der Waals surface area contributed by atoms with Crippen LogP contribution in [0.15, 0.2) is 42.5 Å². The second-order valence-corrected chi connectivity index (χ2v) is 10.8. The van der Waals surface area contributed by atoms with E-state index < -0.39 is 42.2 Å². The van der Waals surface area contributed by atoms with Crippen LogP contribution in [-0.4, -0.2) is 69.5 Å². The van der Waals surface area contributed by atoms with E-state index in [0.29, 0.717) is 23.2 Å². The predicted molar refractivity (Wildman–Crippen MR) is 152 cm³/mol. The number of carbonyl (C=O) groups excluding carboxylic acids is 3. The van der Waals surface area contributed by atoms with E-state index in [1.807, 2.05) is 0 Å². The van der Waals surface area contributed by atoms with Gasteiger partial charge in [-0.1, -0.05) is 38.0 Å². The van der Waals surface area contributed by atoms with E-state index >= 15 is 0 Å². The van der Waals surface area contributed by atoms with Gasteiger partial charge in [-0.2, -0.15) is 0 Å². The van der Waals surface area contributed by atoms with Gasteiger partial charge in [-0.15, -0.1) is 0 Å². The van der Waals surface area contributed by atoms with Crippen LogP contribution in [0.25, 0.3) is 0 Å². The lowest BCUT2D eigenvalue weighted by molar-refractivity contribution is -0.143. The number of rotatable bonds is 13. The quantitative estimate of drug-likeness (QED) is 0.236. The molecule has 0 aliphatic rings. The Hall–Kier alpha value is -3.79. The summed E-state index contributed by atoms with van der Waals surface area (Å²) < 4.78 is 5.40. The first-order valence-electron chi connectivity index (χ1n) is 13.6. The molecule has 10 heteroatoms. The minimum absolute atomic E-state index is 0.0414. The van der Waals surface area contributed by atoms with Crippen molar-refractivity contribution in [2.24, 2.45) is 0 Å². The predicted octanol–water partition coefficient (Wildman–Crippen LogP) is 3.71. The van der Waals surface area contributed by atoms with Crippen LogP contribution in [-0.2, 0) is 20.7 Å². The summed E-state index contributed by atoms with van der Waals surface area (Å²) in [4.78, 5) is 41.7. The van der Waals surface area contributed by atoms with Gasteiger partial charge in [0.1, 0.15) is 29.2 Å². The van der Waals surface area contributed by atoms with Crippen LogP contribution < -0.4 is 10.6 Å². The molecular weight excluding hydrogens is 514 g/mol. The maximum Gasteiger partial charge on any atom is 0.408 e. The number of aliphatic hydroxyl groups is 1. The van der Waals surface area contributed by atoms with Crippen molar-refractivity contribution in [2.45, 2.75) is 78.0 Å². The molecule has 2 atom stereocenters. The molecule has 5 N–H and O–H groups in total. The highest BCUT2D eigenvalue weighted by molar-refractivity contribution is 5.92. The Morgan fingerprint density at radius 2 is 1.70 bits per heavy atom. The molecule has 40 heavy (non-hydrogen) atoms. The number of benzene rings is 2. The van der Waals surface area contributed by atoms with E-state index in [2.05, 4.69) is 17.6 Å². The topological polar surface area (TPSA) is 148 Å². The second-order valence-electron chi connectivity index (χ2n) is 10.8. The molecule has 0 radical (unpaired) electrons. The van der Waals surface area contributed by atoms with Gasteiger partial charge < -0.3 is 35.6 Å². The molecule has 0 aliphatic carbocycles. The van der Waals surface area contributed by atoms with Gasteiger partial charge in [0.15, 0.2) is 0 Å². The van der Waals surface area contributed by atoms with Crippen LogP contribution in [0, 0.1) is 6.92 Å². The van der Waals surface area contributed by atoms with Crippen molar-refractivity contribution < 1.29 is 34.4 Å². The molecule has 2 aromatic rings. The summed E-state index contributed by atoms with van der Waals surface area (Å²) in [5.41, 5.74) is 0.805. The number of aromatic hydroxyl groups is 2. The van der Waals surface area contributed by atoms with E-state index in [9.17, 15) is 29.7 Å². The number of nitrogens with one attached hydrogen (secondary N) is 2. The first kappa shape index (κ1) is 32.4. The lowest BCUT2D eigenvalue weighted by Gasteiger charge is -2.34. The van der Waals surface area contributed by atoms with Gasteiger partial charge in [0, 0.05) is 19.5 Å². The summed E-state index contributed by atoms with van der Waals surface area (Å²) in [6, 6.07) is 8.56. The van der Waals surface area contributed by atoms with Crippen molar-refractivity contribution in [1.82, 2.24) is 15.5 Å². The van der Waals surface area contributed by atoms with E-state index in [0.717, 1.165) is 19.3 Å². The highest BCUT2D eigenvalue weighted by Crippen LogP contribution is 2.27. The van der Waals surface area contributed by atoms with Gasteiger partial charge in [-0.05, 0) is 75.1 Å². The molecule has 0 aliphatic heterocycles. The number of ether oxygens (including phenoxy) is 1. The number of hydrogen-bond donors (Lipinski definition) is 5. The monoisotopic (exact) mass is 557 g/mol. The summed E-state index contributed by atoms with van der Waals surface area (Å²) in [5.74, 6) is -0.949. The second kappa shape index (κ2) is 15.1. The van der Waals surface area contributed by atoms with E-state index in [-0.39, 0.29) is 24.5 Å². The molecule has 0 fully saturated rings. The van der Waals surface area contributed by atoms with Gasteiger partial charge in [0.05, 0.1) is 6.61 Å². The Kier molecular flexibility index (Phi) is 12.3. The zero-order valence-corrected chi connectivity index (χ0v) is 24.1. The standard InChI is InChI=1S/C30H43N3O7/c1-6-7-8-15-31-27(37)26(22-11-14-25(36)20(2)18-22)33(16-17-34)28(38)24(32-29(39)40-30(3,4)5)19-21-9-12-23(35)13-10-21/h9-14,18,24,26,34-36H,6-8,15-17,19H2,1-5H3,(H,31,37)(H,32,39). The third-order valence-electron chi connectivity index (χ3n) is 6.17. The van der Waals surface area contributed by atoms with E-state index in [1.54, 1.807) is 52.0 Å². The molecule has 2 rings (SSSR count). The van der Waals surface area contributed by atoms with Crippen molar-refractivity contribution in [2.75, 3.05) is 19.7 Å². The normalized spacial score (nSPS) is 12.8. The molecule has 0 bridgehead atoms. The number of hydrogen-bond acceptors (Lipinski definition) is 7. The zero-order chi connectivity index (χ0) is 29.9. The number of aryl methyl sites for hydroxylation is 1. The minimum atomic E-state index is -1.15.